The van der Waals surface area contributed by atoms with Gasteiger partial charge in [-0.15, -0.1) is 0 Å². The molecule has 1 fully saturated rings. The molecule has 1 aliphatic heterocycles. The van der Waals surface area contributed by atoms with Crippen LogP contribution >= 0.6 is 11.6 Å². The van der Waals surface area contributed by atoms with Crippen LogP contribution in [0, 0.1) is 0 Å². The van der Waals surface area contributed by atoms with Gasteiger partial charge >= 0.3 is 5.76 Å². The normalized spacial score (nSPS) is 16.3. The molecule has 168 valence electrons. The number of para-hydroxylation sites is 1. The zero-order valence-electron chi connectivity index (χ0n) is 16.8. The highest BCUT2D eigenvalue weighted by Crippen LogP contribution is 2.26. The Morgan fingerprint density at radius 1 is 1.00 bits per heavy atom. The lowest BCUT2D eigenvalue weighted by atomic mass is 10.2. The first-order chi connectivity index (χ1) is 14.8. The lowest BCUT2D eigenvalue weighted by molar-refractivity contribution is -0.117. The van der Waals surface area contributed by atoms with Gasteiger partial charge in [0.05, 0.1) is 17.1 Å². The molecule has 1 saturated heterocycles. The number of benzene rings is 2. The molecule has 1 N–H and O–H groups in total. The summed E-state index contributed by atoms with van der Waals surface area (Å²) in [5.74, 6) is -3.99. The monoisotopic (exact) mass is 471 g/mol. The van der Waals surface area contributed by atoms with E-state index in [1.54, 1.807) is 0 Å². The van der Waals surface area contributed by atoms with E-state index < -0.39 is 26.4 Å². The Kier molecular flexibility index (Phi) is 7.99. The molecular formula is C21H24ClF2N3O3S. The Hall–Kier alpha value is -2.07. The number of sulfone groups is 1. The van der Waals surface area contributed by atoms with Gasteiger partial charge in [0, 0.05) is 24.7 Å². The molecule has 0 unspecified atom stereocenters. The molecule has 31 heavy (non-hydrogen) atoms. The van der Waals surface area contributed by atoms with E-state index in [0.29, 0.717) is 18.1 Å². The van der Waals surface area contributed by atoms with Crippen LogP contribution in [-0.2, 0) is 21.2 Å². The van der Waals surface area contributed by atoms with Crippen LogP contribution in [0.25, 0.3) is 0 Å². The molecule has 2 aromatic rings. The maximum absolute atomic E-state index is 12.9. The molecule has 1 heterocycles. The summed E-state index contributed by atoms with van der Waals surface area (Å²) in [7, 11) is -4.81. The molecule has 0 atom stereocenters. The van der Waals surface area contributed by atoms with E-state index in [1.165, 1.54) is 18.2 Å². The van der Waals surface area contributed by atoms with Crippen LogP contribution in [0.2, 0.25) is 5.02 Å². The number of nitrogens with zero attached hydrogens (tertiary/aromatic N) is 2. The SMILES string of the molecule is O=C(CN1CCCN(Cc2ccc(Cl)cc2)CC1)Nc1ccccc1S(=O)(=O)C(F)F. The summed E-state index contributed by atoms with van der Waals surface area (Å²) < 4.78 is 49.6. The quantitative estimate of drug-likeness (QED) is 0.669. The van der Waals surface area contributed by atoms with Crippen molar-refractivity contribution in [2.45, 2.75) is 23.6 Å². The van der Waals surface area contributed by atoms with Gasteiger partial charge in [0.1, 0.15) is 0 Å². The number of anilines is 1. The second kappa shape index (κ2) is 10.5. The van der Waals surface area contributed by atoms with Crippen molar-refractivity contribution in [1.29, 1.82) is 0 Å². The Morgan fingerprint density at radius 2 is 1.65 bits per heavy atom. The van der Waals surface area contributed by atoms with Crippen molar-refractivity contribution in [3.05, 3.63) is 59.1 Å². The number of hydrogen-bond donors (Lipinski definition) is 1. The maximum atomic E-state index is 12.9. The van der Waals surface area contributed by atoms with Crippen molar-refractivity contribution in [3.63, 3.8) is 0 Å². The Morgan fingerprint density at radius 3 is 2.35 bits per heavy atom. The third-order valence-electron chi connectivity index (χ3n) is 5.07. The van der Waals surface area contributed by atoms with Crippen molar-refractivity contribution in [3.8, 4) is 0 Å². The summed E-state index contributed by atoms with van der Waals surface area (Å²) in [6.45, 7) is 3.87. The molecule has 1 aliphatic rings. The molecule has 0 bridgehead atoms. The van der Waals surface area contributed by atoms with Gasteiger partial charge in [-0.2, -0.15) is 8.78 Å². The fourth-order valence-electron chi connectivity index (χ4n) is 3.50. The molecule has 0 radical (unpaired) electrons. The van der Waals surface area contributed by atoms with Gasteiger partial charge in [0.2, 0.25) is 15.7 Å². The fourth-order valence-corrected chi connectivity index (χ4v) is 4.51. The van der Waals surface area contributed by atoms with Crippen LogP contribution in [0.15, 0.2) is 53.4 Å². The second-order valence-electron chi connectivity index (χ2n) is 7.38. The third-order valence-corrected chi connectivity index (χ3v) is 6.76. The number of hydrogen-bond acceptors (Lipinski definition) is 5. The van der Waals surface area contributed by atoms with Crippen molar-refractivity contribution in [2.75, 3.05) is 38.0 Å². The molecule has 0 aliphatic carbocycles. The predicted molar refractivity (Wildman–Crippen MR) is 116 cm³/mol. The van der Waals surface area contributed by atoms with Gasteiger partial charge in [-0.25, -0.2) is 8.42 Å². The lowest BCUT2D eigenvalue weighted by Gasteiger charge is -2.22. The van der Waals surface area contributed by atoms with Crippen molar-refractivity contribution < 1.29 is 22.0 Å². The van der Waals surface area contributed by atoms with Crippen molar-refractivity contribution >= 4 is 33.0 Å². The van der Waals surface area contributed by atoms with Crippen LogP contribution in [0.1, 0.15) is 12.0 Å². The van der Waals surface area contributed by atoms with E-state index in [0.717, 1.165) is 37.7 Å². The Bertz CT molecular complexity index is 1000. The zero-order chi connectivity index (χ0) is 22.4. The molecule has 1 amide bonds. The van der Waals surface area contributed by atoms with Crippen LogP contribution in [-0.4, -0.2) is 62.6 Å². The molecule has 0 spiro atoms. The zero-order valence-corrected chi connectivity index (χ0v) is 18.4. The molecule has 2 aromatic carbocycles. The summed E-state index contributed by atoms with van der Waals surface area (Å²) in [5, 5.41) is 3.17. The minimum atomic E-state index is -4.81. The van der Waals surface area contributed by atoms with Crippen LogP contribution < -0.4 is 5.32 Å². The minimum Gasteiger partial charge on any atom is -0.324 e. The lowest BCUT2D eigenvalue weighted by Crippen LogP contribution is -2.36. The number of halogens is 3. The van der Waals surface area contributed by atoms with Gasteiger partial charge in [0.25, 0.3) is 0 Å². The molecular weight excluding hydrogens is 448 g/mol. The summed E-state index contributed by atoms with van der Waals surface area (Å²) in [5.41, 5.74) is 1.03. The molecule has 6 nitrogen and oxygen atoms in total. The minimum absolute atomic E-state index is 0.0534. The number of amides is 1. The largest absolute Gasteiger partial charge is 0.341 e. The van der Waals surface area contributed by atoms with Crippen LogP contribution in [0.4, 0.5) is 14.5 Å². The standard InChI is InChI=1S/C21H24ClF2N3O3S/c22-17-8-6-16(7-9-17)14-26-10-3-11-27(13-12-26)15-20(28)25-18-4-1-2-5-19(18)31(29,30)21(23)24/h1-2,4-9,21H,3,10-15H2,(H,25,28). The highest BCUT2D eigenvalue weighted by Gasteiger charge is 2.29. The van der Waals surface area contributed by atoms with E-state index in [9.17, 15) is 22.0 Å². The van der Waals surface area contributed by atoms with Gasteiger partial charge in [-0.05, 0) is 49.3 Å². The molecule has 0 saturated carbocycles. The van der Waals surface area contributed by atoms with Gasteiger partial charge < -0.3 is 5.32 Å². The molecule has 10 heteroatoms. The predicted octanol–water partition coefficient (Wildman–Crippen LogP) is 3.48. The van der Waals surface area contributed by atoms with E-state index in [-0.39, 0.29) is 12.2 Å². The number of alkyl halides is 2. The smallest absolute Gasteiger partial charge is 0.324 e. The maximum Gasteiger partial charge on any atom is 0.341 e. The van der Waals surface area contributed by atoms with Crippen LogP contribution in [0.5, 0.6) is 0 Å². The van der Waals surface area contributed by atoms with E-state index in [2.05, 4.69) is 10.2 Å². The second-order valence-corrected chi connectivity index (χ2v) is 9.70. The van der Waals surface area contributed by atoms with E-state index >= 15 is 0 Å². The average molecular weight is 472 g/mol. The first-order valence-electron chi connectivity index (χ1n) is 9.86. The van der Waals surface area contributed by atoms with Crippen molar-refractivity contribution in [1.82, 2.24) is 9.80 Å². The Balaban J connectivity index is 1.56. The fraction of sp³-hybridized carbons (Fsp3) is 0.381. The molecule has 0 aromatic heterocycles. The van der Waals surface area contributed by atoms with E-state index in [1.807, 2.05) is 29.2 Å². The summed E-state index contributed by atoms with van der Waals surface area (Å²) >= 11 is 5.93. The summed E-state index contributed by atoms with van der Waals surface area (Å²) in [6.07, 6.45) is 0.872. The van der Waals surface area contributed by atoms with Crippen LogP contribution in [0.3, 0.4) is 0 Å². The number of carbonyl (C=O) groups excluding carboxylic acids is 1. The number of rotatable bonds is 7. The highest BCUT2D eigenvalue weighted by molar-refractivity contribution is 7.91. The average Bonchev–Trinajstić information content (AvgIpc) is 2.95. The van der Waals surface area contributed by atoms with Crippen molar-refractivity contribution in [2.24, 2.45) is 0 Å². The third kappa shape index (κ3) is 6.46. The number of carbonyl (C=O) groups is 1. The number of nitrogens with one attached hydrogen (secondary N) is 1. The van der Waals surface area contributed by atoms with E-state index in [4.69, 9.17) is 11.6 Å². The topological polar surface area (TPSA) is 69.7 Å². The summed E-state index contributed by atoms with van der Waals surface area (Å²) in [4.78, 5) is 16.2. The first-order valence-corrected chi connectivity index (χ1v) is 11.8. The molecule has 3 rings (SSSR count). The van der Waals surface area contributed by atoms with Gasteiger partial charge in [-0.1, -0.05) is 35.9 Å². The highest BCUT2D eigenvalue weighted by atomic mass is 35.5. The van der Waals surface area contributed by atoms with Gasteiger partial charge in [0.15, 0.2) is 0 Å². The first kappa shape index (κ1) is 23.6. The summed E-state index contributed by atoms with van der Waals surface area (Å²) in [6, 6.07) is 12.9. The Labute approximate surface area is 185 Å². The van der Waals surface area contributed by atoms with Gasteiger partial charge in [-0.3, -0.25) is 14.6 Å².